The molecule has 0 saturated carbocycles. The van der Waals surface area contributed by atoms with Gasteiger partial charge < -0.3 is 10.6 Å². The number of nitrogens with zero attached hydrogens (tertiary/aromatic N) is 4. The molecule has 0 unspecified atom stereocenters. The molecule has 0 spiro atoms. The Morgan fingerprint density at radius 1 is 0.794 bits per heavy atom. The zero-order valence-electron chi connectivity index (χ0n) is 20.1. The highest BCUT2D eigenvalue weighted by molar-refractivity contribution is 7.80. The van der Waals surface area contributed by atoms with Crippen molar-refractivity contribution in [2.24, 2.45) is 5.41 Å². The SMILES string of the molecule is CC(C)(C)CC(C)(C)NC(=S)Nc1ccc2nc3c4cccnc4c4ncccc4c3nc2c1. The summed E-state index contributed by atoms with van der Waals surface area (Å²) in [6.45, 7) is 11.0. The first-order valence-electron chi connectivity index (χ1n) is 11.4. The molecule has 6 nitrogen and oxygen atoms in total. The van der Waals surface area contributed by atoms with Gasteiger partial charge in [-0.2, -0.15) is 0 Å². The molecule has 3 aromatic heterocycles. The topological polar surface area (TPSA) is 75.6 Å². The summed E-state index contributed by atoms with van der Waals surface area (Å²) >= 11 is 5.62. The maximum absolute atomic E-state index is 5.62. The van der Waals surface area contributed by atoms with Crippen LogP contribution in [-0.2, 0) is 0 Å². The maximum atomic E-state index is 5.62. The van der Waals surface area contributed by atoms with Gasteiger partial charge in [0.05, 0.1) is 33.1 Å². The Hall–Kier alpha value is -3.45. The Bertz CT molecular complexity index is 1570. The van der Waals surface area contributed by atoms with Crippen LogP contribution in [0.5, 0.6) is 0 Å². The molecule has 34 heavy (non-hydrogen) atoms. The van der Waals surface area contributed by atoms with Gasteiger partial charge in [0.15, 0.2) is 5.11 Å². The van der Waals surface area contributed by atoms with Crippen LogP contribution in [0.15, 0.2) is 54.9 Å². The zero-order chi connectivity index (χ0) is 24.1. The maximum Gasteiger partial charge on any atom is 0.171 e. The third-order valence-electron chi connectivity index (χ3n) is 5.70. The van der Waals surface area contributed by atoms with E-state index in [1.807, 2.05) is 42.5 Å². The van der Waals surface area contributed by atoms with Crippen LogP contribution >= 0.6 is 12.2 Å². The van der Waals surface area contributed by atoms with Crippen molar-refractivity contribution in [2.45, 2.75) is 46.6 Å². The van der Waals surface area contributed by atoms with E-state index in [4.69, 9.17) is 22.2 Å². The average molecular weight is 469 g/mol. The van der Waals surface area contributed by atoms with E-state index in [0.29, 0.717) is 5.11 Å². The Balaban J connectivity index is 1.55. The van der Waals surface area contributed by atoms with Crippen LogP contribution in [0.1, 0.15) is 41.0 Å². The van der Waals surface area contributed by atoms with Gasteiger partial charge in [-0.1, -0.05) is 20.8 Å². The van der Waals surface area contributed by atoms with E-state index >= 15 is 0 Å². The highest BCUT2D eigenvalue weighted by Crippen LogP contribution is 2.32. The zero-order valence-corrected chi connectivity index (χ0v) is 20.9. The minimum absolute atomic E-state index is 0.129. The first-order chi connectivity index (χ1) is 16.1. The number of anilines is 1. The molecule has 7 heteroatoms. The second-order valence-electron chi connectivity index (χ2n) is 10.6. The summed E-state index contributed by atoms with van der Waals surface area (Å²) < 4.78 is 0. The third-order valence-corrected chi connectivity index (χ3v) is 5.90. The molecule has 0 bridgehead atoms. The number of hydrogen-bond donors (Lipinski definition) is 2. The quantitative estimate of drug-likeness (QED) is 0.181. The lowest BCUT2D eigenvalue weighted by Crippen LogP contribution is -2.47. The van der Waals surface area contributed by atoms with Crippen molar-refractivity contribution in [1.82, 2.24) is 25.3 Å². The third kappa shape index (κ3) is 4.35. The van der Waals surface area contributed by atoms with Gasteiger partial charge in [-0.15, -0.1) is 0 Å². The predicted octanol–water partition coefficient (Wildman–Crippen LogP) is 6.38. The lowest BCUT2D eigenvalue weighted by molar-refractivity contribution is 0.268. The fourth-order valence-corrected chi connectivity index (χ4v) is 5.31. The molecule has 3 heterocycles. The summed E-state index contributed by atoms with van der Waals surface area (Å²) in [6.07, 6.45) is 4.56. The molecule has 172 valence electrons. The number of pyridine rings is 2. The van der Waals surface area contributed by atoms with Gasteiger partial charge in [-0.05, 0) is 80.4 Å². The minimum atomic E-state index is -0.129. The predicted molar refractivity (Wildman–Crippen MR) is 145 cm³/mol. The Morgan fingerprint density at radius 3 is 1.97 bits per heavy atom. The van der Waals surface area contributed by atoms with Crippen LogP contribution in [0.2, 0.25) is 0 Å². The van der Waals surface area contributed by atoms with Crippen molar-refractivity contribution < 1.29 is 0 Å². The number of benzene rings is 2. The number of rotatable bonds is 3. The van der Waals surface area contributed by atoms with Gasteiger partial charge in [0.25, 0.3) is 0 Å². The number of fused-ring (bicyclic) bond motifs is 7. The molecule has 5 rings (SSSR count). The molecule has 2 aromatic carbocycles. The number of thiocarbonyl (C=S) groups is 1. The summed E-state index contributed by atoms with van der Waals surface area (Å²) in [7, 11) is 0. The monoisotopic (exact) mass is 468 g/mol. The van der Waals surface area contributed by atoms with Crippen molar-refractivity contribution in [1.29, 1.82) is 0 Å². The van der Waals surface area contributed by atoms with Crippen molar-refractivity contribution >= 4 is 66.9 Å². The Labute approximate surface area is 204 Å². The van der Waals surface area contributed by atoms with E-state index < -0.39 is 0 Å². The van der Waals surface area contributed by atoms with Gasteiger partial charge in [-0.3, -0.25) is 9.97 Å². The van der Waals surface area contributed by atoms with Crippen molar-refractivity contribution in [3.8, 4) is 0 Å². The van der Waals surface area contributed by atoms with Crippen LogP contribution in [-0.4, -0.2) is 30.6 Å². The van der Waals surface area contributed by atoms with Crippen molar-refractivity contribution in [3.63, 3.8) is 0 Å². The molecule has 0 amide bonds. The van der Waals surface area contributed by atoms with Gasteiger partial charge in [0, 0.05) is 34.4 Å². The number of nitrogens with one attached hydrogen (secondary N) is 2. The van der Waals surface area contributed by atoms with Gasteiger partial charge in [0.1, 0.15) is 0 Å². The highest BCUT2D eigenvalue weighted by atomic mass is 32.1. The average Bonchev–Trinajstić information content (AvgIpc) is 2.76. The van der Waals surface area contributed by atoms with Gasteiger partial charge >= 0.3 is 0 Å². The summed E-state index contributed by atoms with van der Waals surface area (Å²) in [5.41, 5.74) is 5.88. The lowest BCUT2D eigenvalue weighted by atomic mass is 9.82. The molecule has 0 atom stereocenters. The summed E-state index contributed by atoms with van der Waals surface area (Å²) in [5, 5.41) is 9.26. The van der Waals surface area contributed by atoms with Gasteiger partial charge in [-0.25, -0.2) is 9.97 Å². The second-order valence-corrected chi connectivity index (χ2v) is 11.0. The smallest absolute Gasteiger partial charge is 0.171 e. The number of hydrogen-bond acceptors (Lipinski definition) is 5. The minimum Gasteiger partial charge on any atom is -0.358 e. The Morgan fingerprint density at radius 2 is 1.38 bits per heavy atom. The van der Waals surface area contributed by atoms with Crippen LogP contribution in [0, 0.1) is 5.41 Å². The molecule has 5 aromatic rings. The second kappa shape index (κ2) is 8.09. The van der Waals surface area contributed by atoms with E-state index in [1.165, 1.54) is 0 Å². The van der Waals surface area contributed by atoms with E-state index in [2.05, 4.69) is 55.2 Å². The molecule has 0 radical (unpaired) electrons. The standard InChI is InChI=1S/C27H28N6S/c1-26(2,3)15-27(4,5)33-25(34)30-16-10-11-19-20(14-16)32-24-18-9-7-13-29-22(18)21-17(23(24)31-19)8-6-12-28-21/h6-14H,15H2,1-5H3,(H2,30,33,34). The fourth-order valence-electron chi connectivity index (χ4n) is 4.92. The fraction of sp³-hybridized carbons (Fsp3) is 0.296. The highest BCUT2D eigenvalue weighted by Gasteiger charge is 2.26. The summed E-state index contributed by atoms with van der Waals surface area (Å²) in [4.78, 5) is 19.1. The molecular weight excluding hydrogens is 440 g/mol. The van der Waals surface area contributed by atoms with Gasteiger partial charge in [0.2, 0.25) is 0 Å². The molecule has 0 fully saturated rings. The lowest BCUT2D eigenvalue weighted by Gasteiger charge is -2.34. The van der Waals surface area contributed by atoms with E-state index in [1.54, 1.807) is 12.4 Å². The first-order valence-corrected chi connectivity index (χ1v) is 11.8. The molecule has 2 N–H and O–H groups in total. The van der Waals surface area contributed by atoms with Crippen molar-refractivity contribution in [3.05, 3.63) is 54.9 Å². The largest absolute Gasteiger partial charge is 0.358 e. The molecule has 0 aliphatic rings. The Kier molecular flexibility index (Phi) is 5.32. The molecule has 0 saturated heterocycles. The molecular formula is C27H28N6S. The van der Waals surface area contributed by atoms with Crippen LogP contribution < -0.4 is 10.6 Å². The van der Waals surface area contributed by atoms with Crippen LogP contribution in [0.3, 0.4) is 0 Å². The summed E-state index contributed by atoms with van der Waals surface area (Å²) in [6, 6.07) is 13.8. The van der Waals surface area contributed by atoms with Crippen LogP contribution in [0.4, 0.5) is 5.69 Å². The molecule has 0 aliphatic heterocycles. The van der Waals surface area contributed by atoms with Crippen molar-refractivity contribution in [2.75, 3.05) is 5.32 Å². The number of aromatic nitrogens is 4. The van der Waals surface area contributed by atoms with Crippen LogP contribution in [0.25, 0.3) is 43.9 Å². The van der Waals surface area contributed by atoms with E-state index in [9.17, 15) is 0 Å². The molecule has 0 aliphatic carbocycles. The summed E-state index contributed by atoms with van der Waals surface area (Å²) in [5.74, 6) is 0. The first kappa shape index (κ1) is 22.3. The van der Waals surface area contributed by atoms with E-state index in [-0.39, 0.29) is 11.0 Å². The normalized spacial score (nSPS) is 12.5. The van der Waals surface area contributed by atoms with E-state index in [0.717, 1.165) is 56.0 Å².